The van der Waals surface area contributed by atoms with Gasteiger partial charge in [0.25, 0.3) is 0 Å². The number of aromatic nitrogens is 2. The zero-order chi connectivity index (χ0) is 14.1. The van der Waals surface area contributed by atoms with Crippen LogP contribution in [0.15, 0.2) is 23.6 Å². The van der Waals surface area contributed by atoms with Crippen LogP contribution >= 0.6 is 11.8 Å². The van der Waals surface area contributed by atoms with E-state index in [1.165, 1.54) is 18.9 Å². The highest BCUT2D eigenvalue weighted by molar-refractivity contribution is 7.99. The molecule has 106 valence electrons. The molecule has 1 unspecified atom stereocenters. The Morgan fingerprint density at radius 3 is 2.74 bits per heavy atom. The molecule has 1 aromatic rings. The summed E-state index contributed by atoms with van der Waals surface area (Å²) in [6, 6.07) is 1.78. The second-order valence-corrected chi connectivity index (χ2v) is 5.44. The Hall–Kier alpha value is -1.14. The van der Waals surface area contributed by atoms with E-state index >= 15 is 0 Å². The van der Waals surface area contributed by atoms with E-state index in [1.807, 2.05) is 6.92 Å². The van der Waals surface area contributed by atoms with Crippen molar-refractivity contribution in [3.63, 3.8) is 0 Å². The highest BCUT2D eigenvalue weighted by atomic mass is 32.2. The van der Waals surface area contributed by atoms with Crippen LogP contribution in [-0.2, 0) is 9.53 Å². The van der Waals surface area contributed by atoms with Crippen LogP contribution in [0.3, 0.4) is 0 Å². The lowest BCUT2D eigenvalue weighted by Crippen LogP contribution is -2.50. The Morgan fingerprint density at radius 1 is 1.47 bits per heavy atom. The van der Waals surface area contributed by atoms with E-state index in [0.717, 1.165) is 23.9 Å². The summed E-state index contributed by atoms with van der Waals surface area (Å²) in [6.07, 6.45) is 5.07. The monoisotopic (exact) mass is 283 g/mol. The first-order valence-electron chi connectivity index (χ1n) is 6.35. The van der Waals surface area contributed by atoms with E-state index in [0.29, 0.717) is 6.42 Å². The number of hydrogen-bond acceptors (Lipinski definition) is 6. The minimum Gasteiger partial charge on any atom is -0.468 e. The van der Waals surface area contributed by atoms with E-state index in [1.54, 1.807) is 18.5 Å². The number of rotatable bonds is 8. The summed E-state index contributed by atoms with van der Waals surface area (Å²) in [5.41, 5.74) is -0.646. The normalized spacial score (nSPS) is 13.8. The van der Waals surface area contributed by atoms with E-state index in [-0.39, 0.29) is 5.97 Å². The molecule has 5 nitrogen and oxygen atoms in total. The maximum atomic E-state index is 11.9. The summed E-state index contributed by atoms with van der Waals surface area (Å²) in [6.45, 7) is 4.73. The topological polar surface area (TPSA) is 64.1 Å². The lowest BCUT2D eigenvalue weighted by atomic mass is 9.99. The first-order valence-corrected chi connectivity index (χ1v) is 7.34. The molecule has 0 saturated carbocycles. The van der Waals surface area contributed by atoms with Crippen molar-refractivity contribution < 1.29 is 9.53 Å². The van der Waals surface area contributed by atoms with Crippen LogP contribution in [0.5, 0.6) is 0 Å². The van der Waals surface area contributed by atoms with Crippen LogP contribution in [0, 0.1) is 0 Å². The SMILES string of the molecule is CCCNC(C)(CCSc1ncccn1)C(=O)OC. The molecule has 1 aromatic heterocycles. The second kappa shape index (κ2) is 8.12. The quantitative estimate of drug-likeness (QED) is 0.446. The molecule has 6 heteroatoms. The van der Waals surface area contributed by atoms with Gasteiger partial charge in [-0.3, -0.25) is 4.79 Å². The van der Waals surface area contributed by atoms with Crippen LogP contribution in [0.2, 0.25) is 0 Å². The van der Waals surface area contributed by atoms with Crippen molar-refractivity contribution in [1.82, 2.24) is 15.3 Å². The van der Waals surface area contributed by atoms with Gasteiger partial charge in [0.1, 0.15) is 5.54 Å². The Balaban J connectivity index is 2.51. The number of carbonyl (C=O) groups excluding carboxylic acids is 1. The largest absolute Gasteiger partial charge is 0.468 e. The van der Waals surface area contributed by atoms with Crippen molar-refractivity contribution in [3.05, 3.63) is 18.5 Å². The fraction of sp³-hybridized carbons (Fsp3) is 0.615. The van der Waals surface area contributed by atoms with E-state index in [9.17, 15) is 4.79 Å². The molecular formula is C13H21N3O2S. The van der Waals surface area contributed by atoms with Gasteiger partial charge in [0.05, 0.1) is 7.11 Å². The van der Waals surface area contributed by atoms with Gasteiger partial charge in [-0.05, 0) is 32.4 Å². The van der Waals surface area contributed by atoms with Crippen LogP contribution < -0.4 is 5.32 Å². The number of ether oxygens (including phenoxy) is 1. The number of nitrogens with zero attached hydrogens (tertiary/aromatic N) is 2. The molecule has 0 aliphatic carbocycles. The number of carbonyl (C=O) groups is 1. The Kier molecular flexibility index (Phi) is 6.80. The van der Waals surface area contributed by atoms with E-state index in [2.05, 4.69) is 22.2 Å². The van der Waals surface area contributed by atoms with Gasteiger partial charge in [-0.2, -0.15) is 0 Å². The van der Waals surface area contributed by atoms with Gasteiger partial charge < -0.3 is 10.1 Å². The van der Waals surface area contributed by atoms with Gasteiger partial charge in [-0.25, -0.2) is 9.97 Å². The lowest BCUT2D eigenvalue weighted by molar-refractivity contribution is -0.148. The number of methoxy groups -OCH3 is 1. The van der Waals surface area contributed by atoms with Gasteiger partial charge in [0.2, 0.25) is 0 Å². The zero-order valence-corrected chi connectivity index (χ0v) is 12.5. The molecule has 0 aliphatic rings. The van der Waals surface area contributed by atoms with E-state index in [4.69, 9.17) is 4.74 Å². The number of esters is 1. The van der Waals surface area contributed by atoms with E-state index < -0.39 is 5.54 Å². The first-order chi connectivity index (χ1) is 9.12. The Labute approximate surface area is 118 Å². The molecule has 1 N–H and O–H groups in total. The summed E-state index contributed by atoms with van der Waals surface area (Å²) in [7, 11) is 1.42. The van der Waals surface area contributed by atoms with Gasteiger partial charge in [-0.15, -0.1) is 0 Å². The molecule has 0 aromatic carbocycles. The molecule has 0 aliphatic heterocycles. The second-order valence-electron chi connectivity index (χ2n) is 4.38. The molecule has 0 fully saturated rings. The molecule has 1 heterocycles. The Bertz CT molecular complexity index is 389. The van der Waals surface area contributed by atoms with Crippen molar-refractivity contribution >= 4 is 17.7 Å². The third-order valence-corrected chi connectivity index (χ3v) is 3.65. The average Bonchev–Trinajstić information content (AvgIpc) is 2.45. The summed E-state index contributed by atoms with van der Waals surface area (Å²) in [5.74, 6) is 0.530. The molecule has 0 amide bonds. The van der Waals surface area contributed by atoms with Crippen LogP contribution in [-0.4, -0.2) is 40.9 Å². The molecule has 0 bridgehead atoms. The predicted molar refractivity (Wildman–Crippen MR) is 76.1 cm³/mol. The third kappa shape index (κ3) is 5.16. The lowest BCUT2D eigenvalue weighted by Gasteiger charge is -2.27. The number of thioether (sulfide) groups is 1. The number of nitrogens with one attached hydrogen (secondary N) is 1. The summed E-state index contributed by atoms with van der Waals surface area (Å²) < 4.78 is 4.87. The summed E-state index contributed by atoms with van der Waals surface area (Å²) in [5, 5.41) is 3.98. The number of hydrogen-bond donors (Lipinski definition) is 1. The molecular weight excluding hydrogens is 262 g/mol. The predicted octanol–water partition coefficient (Wildman–Crippen LogP) is 1.89. The molecule has 0 radical (unpaired) electrons. The highest BCUT2D eigenvalue weighted by Crippen LogP contribution is 2.19. The van der Waals surface area contributed by atoms with Crippen LogP contribution in [0.25, 0.3) is 0 Å². The maximum absolute atomic E-state index is 11.9. The minimum absolute atomic E-state index is 0.226. The fourth-order valence-corrected chi connectivity index (χ4v) is 2.56. The molecule has 1 atom stereocenters. The Morgan fingerprint density at radius 2 is 2.16 bits per heavy atom. The van der Waals surface area contributed by atoms with Crippen LogP contribution in [0.4, 0.5) is 0 Å². The van der Waals surface area contributed by atoms with Gasteiger partial charge >= 0.3 is 5.97 Å². The highest BCUT2D eigenvalue weighted by Gasteiger charge is 2.33. The molecule has 0 spiro atoms. The van der Waals surface area contributed by atoms with Gasteiger partial charge in [-0.1, -0.05) is 18.7 Å². The van der Waals surface area contributed by atoms with Gasteiger partial charge in [0, 0.05) is 18.1 Å². The zero-order valence-electron chi connectivity index (χ0n) is 11.7. The summed E-state index contributed by atoms with van der Waals surface area (Å²) >= 11 is 1.54. The fourth-order valence-electron chi connectivity index (χ4n) is 1.60. The van der Waals surface area contributed by atoms with Crippen molar-refractivity contribution in [2.75, 3.05) is 19.4 Å². The van der Waals surface area contributed by atoms with Crippen molar-refractivity contribution in [1.29, 1.82) is 0 Å². The van der Waals surface area contributed by atoms with Crippen molar-refractivity contribution in [2.45, 2.75) is 37.4 Å². The minimum atomic E-state index is -0.646. The third-order valence-electron chi connectivity index (χ3n) is 2.78. The summed E-state index contributed by atoms with van der Waals surface area (Å²) in [4.78, 5) is 20.1. The molecule has 0 saturated heterocycles. The maximum Gasteiger partial charge on any atom is 0.325 e. The van der Waals surface area contributed by atoms with Crippen molar-refractivity contribution in [2.24, 2.45) is 0 Å². The van der Waals surface area contributed by atoms with Gasteiger partial charge in [0.15, 0.2) is 5.16 Å². The van der Waals surface area contributed by atoms with Crippen molar-refractivity contribution in [3.8, 4) is 0 Å². The first kappa shape index (κ1) is 15.9. The molecule has 19 heavy (non-hydrogen) atoms. The molecule has 1 rings (SSSR count). The average molecular weight is 283 g/mol. The smallest absolute Gasteiger partial charge is 0.325 e. The standard InChI is InChI=1S/C13H21N3O2S/c1-4-7-16-13(2,11(17)18-3)6-10-19-12-14-8-5-9-15-12/h5,8-9,16H,4,6-7,10H2,1-3H3. The van der Waals surface area contributed by atoms with Crippen LogP contribution in [0.1, 0.15) is 26.7 Å².